The van der Waals surface area contributed by atoms with Crippen LogP contribution in [0.5, 0.6) is 0 Å². The highest BCUT2D eigenvalue weighted by Crippen LogP contribution is 2.30. The number of aliphatic imine (C=N–C) groups is 1. The number of fused-ring (bicyclic) bond motifs is 1. The van der Waals surface area contributed by atoms with Crippen LogP contribution in [-0.4, -0.2) is 36.7 Å². The molecular formula is C18H16ClFN2OS. The number of benzodiazepines with no additional fused rings is 1. The Bertz CT molecular complexity index is 809. The molecular weight excluding hydrogens is 347 g/mol. The third-order valence-corrected chi connectivity index (χ3v) is 4.65. The van der Waals surface area contributed by atoms with Crippen LogP contribution in [0.2, 0.25) is 5.02 Å². The average molecular weight is 363 g/mol. The molecule has 2 aromatic rings. The first-order valence-corrected chi connectivity index (χ1v) is 9.27. The van der Waals surface area contributed by atoms with E-state index in [1.54, 1.807) is 53.1 Å². The van der Waals surface area contributed by atoms with E-state index in [0.29, 0.717) is 28.4 Å². The van der Waals surface area contributed by atoms with Crippen LogP contribution in [0.4, 0.5) is 10.1 Å². The number of thioether (sulfide) groups is 1. The number of carbonyl (C=O) groups excluding carboxylic acids is 1. The van der Waals surface area contributed by atoms with Gasteiger partial charge in [0.25, 0.3) is 0 Å². The number of halogens is 2. The summed E-state index contributed by atoms with van der Waals surface area (Å²) in [5.41, 5.74) is 2.24. The SMILES string of the molecule is CSCCN1C(=O)CN=C(c2ccccc2F)c2cc(Cl)ccc21. The fourth-order valence-electron chi connectivity index (χ4n) is 2.70. The number of hydrogen-bond donors (Lipinski definition) is 0. The predicted molar refractivity (Wildman–Crippen MR) is 99.1 cm³/mol. The van der Waals surface area contributed by atoms with E-state index in [1.807, 2.05) is 6.26 Å². The number of nitrogens with zero attached hydrogens (tertiary/aromatic N) is 2. The Morgan fingerprint density at radius 3 is 2.79 bits per heavy atom. The summed E-state index contributed by atoms with van der Waals surface area (Å²) >= 11 is 7.82. The summed E-state index contributed by atoms with van der Waals surface area (Å²) in [4.78, 5) is 18.6. The van der Waals surface area contributed by atoms with Gasteiger partial charge in [-0.05, 0) is 36.6 Å². The molecule has 0 N–H and O–H groups in total. The molecule has 1 aliphatic rings. The second kappa shape index (κ2) is 7.36. The molecule has 0 aromatic heterocycles. The molecule has 1 heterocycles. The third kappa shape index (κ3) is 3.32. The van der Waals surface area contributed by atoms with Crippen molar-refractivity contribution in [3.05, 3.63) is 64.4 Å². The van der Waals surface area contributed by atoms with Gasteiger partial charge < -0.3 is 4.90 Å². The standard InChI is InChI=1S/C18H16ClFN2OS/c1-24-9-8-22-16-7-6-12(19)10-14(16)18(21-11-17(22)23)13-4-2-3-5-15(13)20/h2-7,10H,8-9,11H2,1H3. The number of carbonyl (C=O) groups is 1. The van der Waals surface area contributed by atoms with Crippen molar-refractivity contribution >= 4 is 40.7 Å². The van der Waals surface area contributed by atoms with Gasteiger partial charge in [0.2, 0.25) is 5.91 Å². The number of amides is 1. The van der Waals surface area contributed by atoms with Crippen molar-refractivity contribution in [2.24, 2.45) is 4.99 Å². The lowest BCUT2D eigenvalue weighted by Gasteiger charge is -2.23. The van der Waals surface area contributed by atoms with E-state index in [1.165, 1.54) is 6.07 Å². The molecule has 1 amide bonds. The number of anilines is 1. The summed E-state index contributed by atoms with van der Waals surface area (Å²) in [6, 6.07) is 11.7. The maximum atomic E-state index is 14.3. The normalized spacial score (nSPS) is 14.2. The molecule has 0 radical (unpaired) electrons. The van der Waals surface area contributed by atoms with E-state index in [9.17, 15) is 9.18 Å². The quantitative estimate of drug-likeness (QED) is 0.822. The zero-order chi connectivity index (χ0) is 17.1. The van der Waals surface area contributed by atoms with Crippen LogP contribution in [0.25, 0.3) is 0 Å². The average Bonchev–Trinajstić information content (AvgIpc) is 2.70. The minimum atomic E-state index is -0.368. The molecule has 0 spiro atoms. The van der Waals surface area contributed by atoms with Crippen LogP contribution in [-0.2, 0) is 4.79 Å². The summed E-state index contributed by atoms with van der Waals surface area (Å²) < 4.78 is 14.3. The Morgan fingerprint density at radius 1 is 1.25 bits per heavy atom. The summed E-state index contributed by atoms with van der Waals surface area (Å²) in [6.07, 6.45) is 1.99. The molecule has 3 nitrogen and oxygen atoms in total. The molecule has 0 saturated heterocycles. The van der Waals surface area contributed by atoms with E-state index in [0.717, 1.165) is 11.4 Å². The lowest BCUT2D eigenvalue weighted by molar-refractivity contribution is -0.117. The minimum absolute atomic E-state index is 0.00958. The van der Waals surface area contributed by atoms with Crippen molar-refractivity contribution in [2.45, 2.75) is 0 Å². The summed E-state index contributed by atoms with van der Waals surface area (Å²) in [5, 5.41) is 0.525. The molecule has 24 heavy (non-hydrogen) atoms. The van der Waals surface area contributed by atoms with E-state index < -0.39 is 0 Å². The highest BCUT2D eigenvalue weighted by molar-refractivity contribution is 7.98. The van der Waals surface area contributed by atoms with Crippen molar-refractivity contribution in [1.29, 1.82) is 0 Å². The Morgan fingerprint density at radius 2 is 2.04 bits per heavy atom. The van der Waals surface area contributed by atoms with Gasteiger partial charge in [0.05, 0.1) is 11.4 Å². The van der Waals surface area contributed by atoms with Gasteiger partial charge in [-0.3, -0.25) is 9.79 Å². The third-order valence-electron chi connectivity index (χ3n) is 3.83. The van der Waals surface area contributed by atoms with E-state index in [2.05, 4.69) is 4.99 Å². The Labute approximate surface area is 149 Å². The second-order valence-electron chi connectivity index (χ2n) is 5.34. The molecule has 6 heteroatoms. The fraction of sp³-hybridized carbons (Fsp3) is 0.222. The Balaban J connectivity index is 2.16. The van der Waals surface area contributed by atoms with Crippen molar-refractivity contribution in [3.63, 3.8) is 0 Å². The smallest absolute Gasteiger partial charge is 0.248 e. The predicted octanol–water partition coefficient (Wildman–Crippen LogP) is 4.03. The topological polar surface area (TPSA) is 32.7 Å². The first-order valence-electron chi connectivity index (χ1n) is 7.50. The Hall–Kier alpha value is -1.85. The number of rotatable bonds is 4. The van der Waals surface area contributed by atoms with E-state index in [4.69, 9.17) is 11.6 Å². The molecule has 1 aliphatic heterocycles. The van der Waals surface area contributed by atoms with Crippen LogP contribution in [0.1, 0.15) is 11.1 Å². The van der Waals surface area contributed by atoms with E-state index in [-0.39, 0.29) is 18.3 Å². The van der Waals surface area contributed by atoms with Gasteiger partial charge in [0.1, 0.15) is 12.4 Å². The zero-order valence-electron chi connectivity index (χ0n) is 13.1. The van der Waals surface area contributed by atoms with Crippen molar-refractivity contribution in [3.8, 4) is 0 Å². The highest BCUT2D eigenvalue weighted by Gasteiger charge is 2.26. The first kappa shape index (κ1) is 17.0. The van der Waals surface area contributed by atoms with Crippen molar-refractivity contribution in [2.75, 3.05) is 30.0 Å². The molecule has 0 saturated carbocycles. The minimum Gasteiger partial charge on any atom is -0.309 e. The number of hydrogen-bond acceptors (Lipinski definition) is 3. The van der Waals surface area contributed by atoms with Crippen molar-refractivity contribution < 1.29 is 9.18 Å². The summed E-state index contributed by atoms with van der Waals surface area (Å²) in [6.45, 7) is 0.569. The highest BCUT2D eigenvalue weighted by atomic mass is 35.5. The van der Waals surface area contributed by atoms with Gasteiger partial charge in [0, 0.05) is 28.4 Å². The lowest BCUT2D eigenvalue weighted by Crippen LogP contribution is -2.34. The van der Waals surface area contributed by atoms with Crippen molar-refractivity contribution in [1.82, 2.24) is 0 Å². The van der Waals surface area contributed by atoms with Crippen LogP contribution in [0.3, 0.4) is 0 Å². The molecule has 3 rings (SSSR count). The molecule has 0 atom stereocenters. The number of benzene rings is 2. The van der Waals surface area contributed by atoms with E-state index >= 15 is 0 Å². The van der Waals surface area contributed by atoms with Gasteiger partial charge >= 0.3 is 0 Å². The molecule has 2 aromatic carbocycles. The molecule has 0 fully saturated rings. The molecule has 0 bridgehead atoms. The summed E-state index contributed by atoms with van der Waals surface area (Å²) in [5.74, 6) is 0.342. The van der Waals surface area contributed by atoms with Gasteiger partial charge in [-0.15, -0.1) is 0 Å². The second-order valence-corrected chi connectivity index (χ2v) is 6.77. The molecule has 0 unspecified atom stereocenters. The largest absolute Gasteiger partial charge is 0.309 e. The zero-order valence-corrected chi connectivity index (χ0v) is 14.7. The van der Waals surface area contributed by atoms with Crippen LogP contribution in [0, 0.1) is 5.82 Å². The van der Waals surface area contributed by atoms with Gasteiger partial charge in [-0.1, -0.05) is 23.7 Å². The lowest BCUT2D eigenvalue weighted by atomic mass is 9.99. The van der Waals surface area contributed by atoms with Gasteiger partial charge in [-0.2, -0.15) is 11.8 Å². The first-order chi connectivity index (χ1) is 11.6. The Kier molecular flexibility index (Phi) is 5.21. The van der Waals surface area contributed by atoms with Crippen LogP contribution < -0.4 is 4.90 Å². The monoisotopic (exact) mass is 362 g/mol. The maximum absolute atomic E-state index is 14.3. The maximum Gasteiger partial charge on any atom is 0.248 e. The molecule has 124 valence electrons. The van der Waals surface area contributed by atoms with Crippen LogP contribution >= 0.6 is 23.4 Å². The van der Waals surface area contributed by atoms with Gasteiger partial charge in [-0.25, -0.2) is 4.39 Å². The van der Waals surface area contributed by atoms with Crippen LogP contribution in [0.15, 0.2) is 47.5 Å². The van der Waals surface area contributed by atoms with Gasteiger partial charge in [0.15, 0.2) is 0 Å². The molecule has 0 aliphatic carbocycles. The summed E-state index contributed by atoms with van der Waals surface area (Å²) in [7, 11) is 0. The fourth-order valence-corrected chi connectivity index (χ4v) is 3.23.